The van der Waals surface area contributed by atoms with Gasteiger partial charge in [0.05, 0.1) is 25.2 Å². The van der Waals surface area contributed by atoms with E-state index in [9.17, 15) is 19.5 Å². The first kappa shape index (κ1) is 34.4. The fourth-order valence-electron chi connectivity index (χ4n) is 3.81. The van der Waals surface area contributed by atoms with E-state index in [1.807, 2.05) is 79.8 Å². The number of nitrogens with one attached hydrogen (secondary N) is 1. The number of aliphatic carboxylic acids is 1. The van der Waals surface area contributed by atoms with E-state index in [1.165, 1.54) is 0 Å². The summed E-state index contributed by atoms with van der Waals surface area (Å²) in [5, 5.41) is 18.3. The Bertz CT molecular complexity index is 1290. The maximum atomic E-state index is 11.3. The molecule has 11 nitrogen and oxygen atoms in total. The van der Waals surface area contributed by atoms with Gasteiger partial charge in [-0.1, -0.05) is 58.8 Å². The van der Waals surface area contributed by atoms with E-state index in [0.717, 1.165) is 34.8 Å². The van der Waals surface area contributed by atoms with Gasteiger partial charge in [-0.25, -0.2) is 14.6 Å². The molecule has 0 saturated carbocycles. The van der Waals surface area contributed by atoms with Crippen LogP contribution in [0.3, 0.4) is 0 Å². The third kappa shape index (κ3) is 14.6. The molecule has 0 spiro atoms. The Labute approximate surface area is 252 Å². The highest BCUT2D eigenvalue weighted by molar-refractivity contribution is 5.73. The van der Waals surface area contributed by atoms with E-state index in [4.69, 9.17) is 4.74 Å². The van der Waals surface area contributed by atoms with Crippen molar-refractivity contribution < 1.29 is 33.7 Å². The van der Waals surface area contributed by atoms with Gasteiger partial charge in [0.25, 0.3) is 0 Å². The Kier molecular flexibility index (Phi) is 14.9. The quantitative estimate of drug-likeness (QED) is 0.210. The Morgan fingerprint density at radius 2 is 1.44 bits per heavy atom. The lowest BCUT2D eigenvalue weighted by molar-refractivity contribution is -0.137. The number of nitrogens with zero attached hydrogens (tertiary/aromatic N) is 3. The maximum Gasteiger partial charge on any atom is 0.452 e. The van der Waals surface area contributed by atoms with Crippen LogP contribution in [0, 0.1) is 0 Å². The summed E-state index contributed by atoms with van der Waals surface area (Å²) in [4.78, 5) is 37.3. The molecule has 0 saturated heterocycles. The van der Waals surface area contributed by atoms with E-state index >= 15 is 0 Å². The molecule has 0 radical (unpaired) electrons. The molecule has 2 amide bonds. The molecular weight excluding hydrogens is 552 g/mol. The molecule has 0 aliphatic heterocycles. The summed E-state index contributed by atoms with van der Waals surface area (Å²) in [6, 6.07) is 23.6. The molecule has 1 aromatic heterocycles. The van der Waals surface area contributed by atoms with Gasteiger partial charge >= 0.3 is 18.2 Å². The van der Waals surface area contributed by atoms with Crippen LogP contribution in [0.2, 0.25) is 0 Å². The van der Waals surface area contributed by atoms with Crippen molar-refractivity contribution in [1.82, 2.24) is 4.98 Å². The van der Waals surface area contributed by atoms with Crippen LogP contribution in [0.5, 0.6) is 5.75 Å². The second-order valence-electron chi connectivity index (χ2n) is 9.98. The zero-order valence-corrected chi connectivity index (χ0v) is 25.2. The van der Waals surface area contributed by atoms with Crippen LogP contribution in [0.25, 0.3) is 0 Å². The first-order chi connectivity index (χ1) is 20.5. The highest BCUT2D eigenvalue weighted by Gasteiger charge is 2.16. The standard InChI is InChI=1S/C24H26N2O3.C8H14N2O4/c1-25-23-9-5-8-21(26-23)14-15-29-22-12-10-18(11-13-22)16-20(17-24(27)28)19-6-3-2-4-7-19;1-5(2)13-7(11)9-10-8(12)14-6(3)4/h2-13,20H,14-17H2,1H3,(H,25,26)(H,27,28);5-6H,1-4H3/t20-;/m0./s1. The number of ether oxygens (including phenoxy) is 3. The number of hydrogen-bond donors (Lipinski definition) is 2. The minimum Gasteiger partial charge on any atom is -0.493 e. The van der Waals surface area contributed by atoms with Crippen molar-refractivity contribution in [3.8, 4) is 5.75 Å². The average Bonchev–Trinajstić information content (AvgIpc) is 2.97. The molecule has 230 valence electrons. The normalized spacial score (nSPS) is 11.4. The van der Waals surface area contributed by atoms with Crippen LogP contribution in [-0.2, 0) is 27.1 Å². The van der Waals surface area contributed by atoms with E-state index in [2.05, 4.69) is 30.0 Å². The summed E-state index contributed by atoms with van der Waals surface area (Å²) < 4.78 is 15.0. The number of anilines is 1. The van der Waals surface area contributed by atoms with Crippen molar-refractivity contribution in [2.75, 3.05) is 19.0 Å². The summed E-state index contributed by atoms with van der Waals surface area (Å²) in [6.45, 7) is 7.21. The van der Waals surface area contributed by atoms with E-state index in [-0.39, 0.29) is 24.5 Å². The lowest BCUT2D eigenvalue weighted by Gasteiger charge is -2.16. The topological polar surface area (TPSA) is 149 Å². The first-order valence-electron chi connectivity index (χ1n) is 14.0. The largest absolute Gasteiger partial charge is 0.493 e. The molecule has 0 unspecified atom stereocenters. The average molecular weight is 593 g/mol. The van der Waals surface area contributed by atoms with Gasteiger partial charge in [0.15, 0.2) is 0 Å². The van der Waals surface area contributed by atoms with Crippen LogP contribution in [-0.4, -0.2) is 54.1 Å². The number of carbonyl (C=O) groups excluding carboxylic acids is 2. The van der Waals surface area contributed by atoms with Gasteiger partial charge in [0, 0.05) is 19.2 Å². The van der Waals surface area contributed by atoms with Crippen molar-refractivity contribution in [2.24, 2.45) is 10.2 Å². The molecular formula is C32H40N4O7. The fourth-order valence-corrected chi connectivity index (χ4v) is 3.81. The zero-order valence-electron chi connectivity index (χ0n) is 25.2. The van der Waals surface area contributed by atoms with Crippen molar-refractivity contribution in [1.29, 1.82) is 0 Å². The van der Waals surface area contributed by atoms with Crippen molar-refractivity contribution in [2.45, 2.75) is 65.1 Å². The van der Waals surface area contributed by atoms with Gasteiger partial charge in [-0.3, -0.25) is 4.79 Å². The zero-order chi connectivity index (χ0) is 31.6. The predicted octanol–water partition coefficient (Wildman–Crippen LogP) is 7.07. The Morgan fingerprint density at radius 3 is 1.98 bits per heavy atom. The summed E-state index contributed by atoms with van der Waals surface area (Å²) in [6.07, 6.45) is -0.865. The number of carbonyl (C=O) groups is 3. The molecule has 0 aliphatic carbocycles. The van der Waals surface area contributed by atoms with Gasteiger partial charge in [-0.15, -0.1) is 0 Å². The number of hydrogen-bond acceptors (Lipinski definition) is 8. The van der Waals surface area contributed by atoms with Crippen LogP contribution in [0.1, 0.15) is 56.9 Å². The smallest absolute Gasteiger partial charge is 0.452 e. The van der Waals surface area contributed by atoms with Gasteiger partial charge in [-0.05, 0) is 75.4 Å². The monoisotopic (exact) mass is 592 g/mol. The maximum absolute atomic E-state index is 11.3. The third-order valence-electron chi connectivity index (χ3n) is 5.67. The Hall–Kier alpha value is -4.80. The number of rotatable bonds is 12. The molecule has 43 heavy (non-hydrogen) atoms. The molecule has 2 N–H and O–H groups in total. The van der Waals surface area contributed by atoms with E-state index in [0.29, 0.717) is 13.0 Å². The summed E-state index contributed by atoms with van der Waals surface area (Å²) >= 11 is 0. The second kappa shape index (κ2) is 18.6. The molecule has 1 heterocycles. The number of azo groups is 1. The van der Waals surface area contributed by atoms with Crippen molar-refractivity contribution in [3.63, 3.8) is 0 Å². The van der Waals surface area contributed by atoms with Gasteiger partial charge < -0.3 is 24.6 Å². The molecule has 2 aromatic carbocycles. The summed E-state index contributed by atoms with van der Waals surface area (Å²) in [7, 11) is 1.85. The number of amides is 2. The van der Waals surface area contributed by atoms with Crippen LogP contribution in [0.4, 0.5) is 15.4 Å². The summed E-state index contributed by atoms with van der Waals surface area (Å²) in [5.41, 5.74) is 3.12. The van der Waals surface area contributed by atoms with Gasteiger partial charge in [0.2, 0.25) is 0 Å². The number of carboxylic acid groups (broad SMARTS) is 1. The van der Waals surface area contributed by atoms with E-state index in [1.54, 1.807) is 27.7 Å². The van der Waals surface area contributed by atoms with Crippen molar-refractivity contribution >= 4 is 24.0 Å². The lowest BCUT2D eigenvalue weighted by atomic mass is 9.89. The number of carboxylic acids is 1. The molecule has 1 atom stereocenters. The van der Waals surface area contributed by atoms with Crippen LogP contribution < -0.4 is 10.1 Å². The van der Waals surface area contributed by atoms with Crippen molar-refractivity contribution in [3.05, 3.63) is 89.6 Å². The Morgan fingerprint density at radius 1 is 0.837 bits per heavy atom. The highest BCUT2D eigenvalue weighted by atomic mass is 16.6. The lowest BCUT2D eigenvalue weighted by Crippen LogP contribution is -2.09. The van der Waals surface area contributed by atoms with Gasteiger partial charge in [0.1, 0.15) is 11.6 Å². The molecule has 0 fully saturated rings. The minimum atomic E-state index is -0.902. The molecule has 3 rings (SSSR count). The highest BCUT2D eigenvalue weighted by Crippen LogP contribution is 2.25. The number of pyridine rings is 1. The fraction of sp³-hybridized carbons (Fsp3) is 0.375. The third-order valence-corrected chi connectivity index (χ3v) is 5.67. The molecule has 0 aliphatic rings. The number of aromatic nitrogens is 1. The molecule has 11 heteroatoms. The van der Waals surface area contributed by atoms with Crippen LogP contribution >= 0.6 is 0 Å². The van der Waals surface area contributed by atoms with E-state index < -0.39 is 18.2 Å². The molecule has 3 aromatic rings. The SMILES string of the molecule is CC(C)OC(=O)N=NC(=O)OC(C)C.CNc1cccc(CCOc2ccc(C[C@@H](CC(=O)O)c3ccccc3)cc2)n1. The van der Waals surface area contributed by atoms with Crippen LogP contribution in [0.15, 0.2) is 83.0 Å². The minimum absolute atomic E-state index is 0.0500. The number of benzene rings is 2. The Balaban J connectivity index is 0.000000391. The predicted molar refractivity (Wildman–Crippen MR) is 163 cm³/mol. The first-order valence-corrected chi connectivity index (χ1v) is 14.0. The van der Waals surface area contributed by atoms with Gasteiger partial charge in [-0.2, -0.15) is 0 Å². The second-order valence-corrected chi connectivity index (χ2v) is 9.98. The summed E-state index contributed by atoms with van der Waals surface area (Å²) in [5.74, 6) is 0.815. The molecule has 0 bridgehead atoms.